The Labute approximate surface area is 90.7 Å². The van der Waals surface area contributed by atoms with Gasteiger partial charge >= 0.3 is 6.18 Å². The summed E-state index contributed by atoms with van der Waals surface area (Å²) in [5, 5.41) is 0. The highest BCUT2D eigenvalue weighted by Gasteiger charge is 2.31. The molecule has 0 saturated heterocycles. The molecule has 0 aliphatic carbocycles. The highest BCUT2D eigenvalue weighted by Crippen LogP contribution is 2.31. The molecule has 0 aliphatic rings. The summed E-state index contributed by atoms with van der Waals surface area (Å²) >= 11 is 0. The van der Waals surface area contributed by atoms with Crippen LogP contribution in [0.5, 0.6) is 0 Å². The Morgan fingerprint density at radius 3 is 2.20 bits per heavy atom. The molecule has 6 heteroatoms. The number of nitrogens with two attached hydrogens (primary N) is 1. The molecule has 0 radical (unpaired) electrons. The van der Waals surface area contributed by atoms with E-state index in [4.69, 9.17) is 5.73 Å². The van der Waals surface area contributed by atoms with E-state index in [0.717, 1.165) is 12.1 Å². The maximum atomic E-state index is 13.0. The molecule has 1 rings (SSSR count). The lowest BCUT2D eigenvalue weighted by Crippen LogP contribution is -2.11. The van der Waals surface area contributed by atoms with Gasteiger partial charge in [-0.25, -0.2) is 4.39 Å². The zero-order chi connectivity index (χ0) is 10.9. The molecule has 15 heavy (non-hydrogen) atoms. The van der Waals surface area contributed by atoms with Crippen molar-refractivity contribution in [1.29, 1.82) is 0 Å². The van der Waals surface area contributed by atoms with E-state index in [9.17, 15) is 17.6 Å². The van der Waals surface area contributed by atoms with Gasteiger partial charge in [-0.05, 0) is 25.1 Å². The van der Waals surface area contributed by atoms with Gasteiger partial charge in [-0.15, -0.1) is 12.4 Å². The molecule has 0 aromatic heterocycles. The van der Waals surface area contributed by atoms with Crippen molar-refractivity contribution in [3.63, 3.8) is 0 Å². The van der Waals surface area contributed by atoms with Gasteiger partial charge in [0.15, 0.2) is 0 Å². The summed E-state index contributed by atoms with van der Waals surface area (Å²) in [4.78, 5) is 0. The minimum atomic E-state index is -4.46. The predicted molar refractivity (Wildman–Crippen MR) is 51.3 cm³/mol. The summed E-state index contributed by atoms with van der Waals surface area (Å²) in [6, 6.07) is 1.46. The fourth-order valence-electron chi connectivity index (χ4n) is 1.07. The molecule has 0 saturated carbocycles. The highest BCUT2D eigenvalue weighted by atomic mass is 35.5. The Kier molecular flexibility index (Phi) is 4.55. The third kappa shape index (κ3) is 3.35. The van der Waals surface area contributed by atoms with Gasteiger partial charge < -0.3 is 5.73 Å². The summed E-state index contributed by atoms with van der Waals surface area (Å²) in [6.07, 6.45) is -4.46. The van der Waals surface area contributed by atoms with Gasteiger partial charge in [0, 0.05) is 11.6 Å². The van der Waals surface area contributed by atoms with Gasteiger partial charge in [-0.2, -0.15) is 13.2 Å². The van der Waals surface area contributed by atoms with Gasteiger partial charge in [0.1, 0.15) is 5.82 Å². The SMILES string of the molecule is C[C@H](N)c1cc(C(F)(F)F)ccc1F.Cl. The van der Waals surface area contributed by atoms with Gasteiger partial charge in [0.05, 0.1) is 5.56 Å². The first-order chi connectivity index (χ1) is 6.32. The number of rotatable bonds is 1. The molecule has 86 valence electrons. The van der Waals surface area contributed by atoms with Crippen molar-refractivity contribution >= 4 is 12.4 Å². The largest absolute Gasteiger partial charge is 0.416 e. The number of halogens is 5. The molecule has 0 heterocycles. The first kappa shape index (κ1) is 14.2. The van der Waals surface area contributed by atoms with Crippen molar-refractivity contribution in [1.82, 2.24) is 0 Å². The Balaban J connectivity index is 0.00000196. The van der Waals surface area contributed by atoms with E-state index >= 15 is 0 Å². The first-order valence-corrected chi connectivity index (χ1v) is 3.94. The monoisotopic (exact) mass is 243 g/mol. The Bertz CT molecular complexity index is 335. The summed E-state index contributed by atoms with van der Waals surface area (Å²) in [5.74, 6) is -0.715. The molecule has 0 fully saturated rings. The van der Waals surface area contributed by atoms with E-state index in [2.05, 4.69) is 0 Å². The summed E-state index contributed by atoms with van der Waals surface area (Å²) in [5.41, 5.74) is 4.31. The van der Waals surface area contributed by atoms with Crippen LogP contribution in [0.2, 0.25) is 0 Å². The van der Waals surface area contributed by atoms with E-state index in [-0.39, 0.29) is 18.0 Å². The minimum absolute atomic E-state index is 0. The van der Waals surface area contributed by atoms with Crippen LogP contribution in [0.3, 0.4) is 0 Å². The second kappa shape index (κ2) is 4.81. The summed E-state index contributed by atoms with van der Waals surface area (Å²) in [6.45, 7) is 1.43. The second-order valence-corrected chi connectivity index (χ2v) is 3.02. The van der Waals surface area contributed by atoms with Crippen LogP contribution in [-0.4, -0.2) is 0 Å². The Hall–Kier alpha value is -0.810. The zero-order valence-corrected chi connectivity index (χ0v) is 8.62. The molecule has 1 aromatic rings. The van der Waals surface area contributed by atoms with Crippen LogP contribution in [0, 0.1) is 5.82 Å². The molecular weight excluding hydrogens is 234 g/mol. The van der Waals surface area contributed by atoms with Gasteiger partial charge in [-0.3, -0.25) is 0 Å². The molecular formula is C9H10ClF4N. The Morgan fingerprint density at radius 2 is 1.80 bits per heavy atom. The van der Waals surface area contributed by atoms with E-state index in [1.54, 1.807) is 0 Å². The third-order valence-electron chi connectivity index (χ3n) is 1.81. The van der Waals surface area contributed by atoms with E-state index in [1.165, 1.54) is 6.92 Å². The van der Waals surface area contributed by atoms with Crippen LogP contribution in [-0.2, 0) is 6.18 Å². The third-order valence-corrected chi connectivity index (χ3v) is 1.81. The second-order valence-electron chi connectivity index (χ2n) is 3.02. The molecule has 1 atom stereocenters. The maximum Gasteiger partial charge on any atom is 0.416 e. The van der Waals surface area contributed by atoms with Gasteiger partial charge in [-0.1, -0.05) is 0 Å². The highest BCUT2D eigenvalue weighted by molar-refractivity contribution is 5.85. The van der Waals surface area contributed by atoms with Crippen molar-refractivity contribution in [2.24, 2.45) is 5.73 Å². The molecule has 0 spiro atoms. The van der Waals surface area contributed by atoms with Gasteiger partial charge in [0.25, 0.3) is 0 Å². The zero-order valence-electron chi connectivity index (χ0n) is 7.81. The molecule has 1 nitrogen and oxygen atoms in total. The predicted octanol–water partition coefficient (Wildman–Crippen LogP) is 3.29. The molecule has 0 bridgehead atoms. The lowest BCUT2D eigenvalue weighted by atomic mass is 10.0. The topological polar surface area (TPSA) is 26.0 Å². The van der Waals surface area contributed by atoms with Crippen molar-refractivity contribution < 1.29 is 17.6 Å². The quantitative estimate of drug-likeness (QED) is 0.753. The molecule has 0 amide bonds. The summed E-state index contributed by atoms with van der Waals surface area (Å²) < 4.78 is 49.6. The first-order valence-electron chi connectivity index (χ1n) is 3.94. The number of hydrogen-bond acceptors (Lipinski definition) is 1. The lowest BCUT2D eigenvalue weighted by molar-refractivity contribution is -0.137. The van der Waals surface area contributed by atoms with Crippen LogP contribution in [0.1, 0.15) is 24.1 Å². The van der Waals surface area contributed by atoms with Crippen molar-refractivity contribution in [2.75, 3.05) is 0 Å². The van der Waals surface area contributed by atoms with Crippen molar-refractivity contribution in [2.45, 2.75) is 19.1 Å². The van der Waals surface area contributed by atoms with Crippen LogP contribution in [0.4, 0.5) is 17.6 Å². The fraction of sp³-hybridized carbons (Fsp3) is 0.333. The fourth-order valence-corrected chi connectivity index (χ4v) is 1.07. The normalized spacial score (nSPS) is 13.2. The number of benzene rings is 1. The van der Waals surface area contributed by atoms with Crippen LogP contribution >= 0.6 is 12.4 Å². The van der Waals surface area contributed by atoms with Crippen molar-refractivity contribution in [3.8, 4) is 0 Å². The minimum Gasteiger partial charge on any atom is -0.324 e. The van der Waals surface area contributed by atoms with Crippen LogP contribution < -0.4 is 5.73 Å². The smallest absolute Gasteiger partial charge is 0.324 e. The van der Waals surface area contributed by atoms with E-state index in [1.807, 2.05) is 0 Å². The average molecular weight is 244 g/mol. The molecule has 0 aliphatic heterocycles. The Morgan fingerprint density at radius 1 is 1.27 bits per heavy atom. The van der Waals surface area contributed by atoms with E-state index in [0.29, 0.717) is 6.07 Å². The molecule has 1 aromatic carbocycles. The molecule has 0 unspecified atom stereocenters. The van der Waals surface area contributed by atoms with Crippen LogP contribution in [0.15, 0.2) is 18.2 Å². The number of alkyl halides is 3. The van der Waals surface area contributed by atoms with Gasteiger partial charge in [0.2, 0.25) is 0 Å². The van der Waals surface area contributed by atoms with Crippen molar-refractivity contribution in [3.05, 3.63) is 35.1 Å². The standard InChI is InChI=1S/C9H9F4N.ClH/c1-5(14)7-4-6(9(11,12)13)2-3-8(7)10;/h2-5H,14H2,1H3;1H/t5-;/m0./s1. The maximum absolute atomic E-state index is 13.0. The summed E-state index contributed by atoms with van der Waals surface area (Å²) in [7, 11) is 0. The molecule has 2 N–H and O–H groups in total. The van der Waals surface area contributed by atoms with E-state index < -0.39 is 23.6 Å². The number of hydrogen-bond donors (Lipinski definition) is 1. The average Bonchev–Trinajstić information content (AvgIpc) is 2.02. The van der Waals surface area contributed by atoms with Crippen LogP contribution in [0.25, 0.3) is 0 Å². The lowest BCUT2D eigenvalue weighted by Gasteiger charge is -2.11.